The summed E-state index contributed by atoms with van der Waals surface area (Å²) in [7, 11) is 0. The van der Waals surface area contributed by atoms with Crippen LogP contribution in [-0.2, 0) is 0 Å². The van der Waals surface area contributed by atoms with Gasteiger partial charge < -0.3 is 0 Å². The fraction of sp³-hybridized carbons (Fsp3) is 0.350. The molecule has 0 aromatic heterocycles. The summed E-state index contributed by atoms with van der Waals surface area (Å²) in [5.74, 6) is -4.95. The van der Waals surface area contributed by atoms with Gasteiger partial charge in [0.15, 0.2) is 23.3 Å². The van der Waals surface area contributed by atoms with Crippen molar-refractivity contribution in [3.05, 3.63) is 53.1 Å². The average Bonchev–Trinajstić information content (AvgIpc) is 2.65. The Morgan fingerprint density at radius 2 is 1.42 bits per heavy atom. The van der Waals surface area contributed by atoms with Crippen LogP contribution in [0.25, 0.3) is 11.1 Å². The van der Waals surface area contributed by atoms with Crippen LogP contribution >= 0.6 is 11.8 Å². The third-order valence-corrected chi connectivity index (χ3v) is 5.71. The third-order valence-electron chi connectivity index (χ3n) is 5.06. The molecule has 0 aliphatic heterocycles. The molecule has 2 aromatic rings. The lowest BCUT2D eigenvalue weighted by Crippen LogP contribution is -2.10. The highest BCUT2D eigenvalue weighted by Crippen LogP contribution is 2.38. The molecular formula is C20H17F4NS. The maximum atomic E-state index is 14.3. The molecule has 0 amide bonds. The Morgan fingerprint density at radius 1 is 0.885 bits per heavy atom. The van der Waals surface area contributed by atoms with Crippen molar-refractivity contribution < 1.29 is 17.6 Å². The minimum atomic E-state index is -1.55. The van der Waals surface area contributed by atoms with Crippen LogP contribution in [0.4, 0.5) is 17.6 Å². The predicted octanol–water partition coefficient (Wildman–Crippen LogP) is 6.78. The highest BCUT2D eigenvalue weighted by Gasteiger charge is 2.27. The Kier molecular flexibility index (Phi) is 5.57. The minimum absolute atomic E-state index is 0.0577. The number of benzene rings is 2. The number of rotatable bonds is 3. The van der Waals surface area contributed by atoms with Crippen molar-refractivity contribution in [1.29, 1.82) is 5.26 Å². The van der Waals surface area contributed by atoms with Gasteiger partial charge in [0.05, 0.1) is 10.5 Å². The van der Waals surface area contributed by atoms with E-state index in [0.29, 0.717) is 11.8 Å². The first kappa shape index (κ1) is 18.8. The van der Waals surface area contributed by atoms with Crippen LogP contribution in [0.2, 0.25) is 0 Å². The van der Waals surface area contributed by atoms with Crippen molar-refractivity contribution in [3.63, 3.8) is 0 Å². The molecule has 1 fully saturated rings. The first-order valence-electron chi connectivity index (χ1n) is 8.46. The zero-order valence-corrected chi connectivity index (χ0v) is 15.0. The second-order valence-electron chi connectivity index (χ2n) is 6.73. The number of halogens is 4. The molecule has 0 spiro atoms. The Morgan fingerprint density at radius 3 is 1.92 bits per heavy atom. The van der Waals surface area contributed by atoms with Crippen LogP contribution in [0, 0.1) is 39.8 Å². The minimum Gasteiger partial charge on any atom is -0.203 e. The van der Waals surface area contributed by atoms with Crippen molar-refractivity contribution in [2.24, 2.45) is 5.92 Å². The standard InChI is InChI=1S/C20H17F4NS/c1-11-2-4-12(5-3-11)13-6-8-14(9-7-13)15-16(21)18(23)20(26-10-25)19(24)17(15)22/h6-9,11-12H,2-5H2,1H3. The van der Waals surface area contributed by atoms with Crippen LogP contribution in [0.15, 0.2) is 29.2 Å². The van der Waals surface area contributed by atoms with Crippen molar-refractivity contribution in [2.75, 3.05) is 0 Å². The molecular weight excluding hydrogens is 362 g/mol. The molecule has 0 atom stereocenters. The van der Waals surface area contributed by atoms with Crippen molar-refractivity contribution in [2.45, 2.75) is 43.4 Å². The largest absolute Gasteiger partial charge is 0.203 e. The molecule has 6 heteroatoms. The Balaban J connectivity index is 1.96. The molecule has 136 valence electrons. The SMILES string of the molecule is CC1CCC(c2ccc(-c3c(F)c(F)c(SC#N)c(F)c3F)cc2)CC1. The molecule has 1 aliphatic carbocycles. The van der Waals surface area contributed by atoms with E-state index in [1.807, 2.05) is 0 Å². The molecule has 1 saturated carbocycles. The van der Waals surface area contributed by atoms with Crippen LogP contribution in [0.5, 0.6) is 0 Å². The lowest BCUT2D eigenvalue weighted by molar-refractivity contribution is 0.348. The van der Waals surface area contributed by atoms with Gasteiger partial charge in [0, 0.05) is 0 Å². The molecule has 0 saturated heterocycles. The highest BCUT2D eigenvalue weighted by molar-refractivity contribution is 8.03. The maximum absolute atomic E-state index is 14.3. The normalized spacial score (nSPS) is 20.0. The summed E-state index contributed by atoms with van der Waals surface area (Å²) in [6.07, 6.45) is 4.41. The molecule has 0 bridgehead atoms. The van der Waals surface area contributed by atoms with Gasteiger partial charge in [-0.15, -0.1) is 0 Å². The first-order chi connectivity index (χ1) is 12.4. The molecule has 0 heterocycles. The van der Waals surface area contributed by atoms with E-state index in [2.05, 4.69) is 6.92 Å². The van der Waals surface area contributed by atoms with Gasteiger partial charge in [-0.3, -0.25) is 0 Å². The summed E-state index contributed by atoms with van der Waals surface area (Å²) in [6.45, 7) is 2.22. The number of nitriles is 1. The van der Waals surface area contributed by atoms with E-state index in [4.69, 9.17) is 5.26 Å². The van der Waals surface area contributed by atoms with E-state index >= 15 is 0 Å². The van der Waals surface area contributed by atoms with Gasteiger partial charge in [-0.2, -0.15) is 5.26 Å². The van der Waals surface area contributed by atoms with Gasteiger partial charge in [-0.05, 0) is 47.6 Å². The topological polar surface area (TPSA) is 23.8 Å². The van der Waals surface area contributed by atoms with E-state index in [1.165, 1.54) is 17.5 Å². The molecule has 0 unspecified atom stereocenters. The Bertz CT molecular complexity index is 821. The number of thiocyanates is 1. The van der Waals surface area contributed by atoms with Crippen LogP contribution in [0.3, 0.4) is 0 Å². The summed E-state index contributed by atoms with van der Waals surface area (Å²) in [5.41, 5.74) is 0.393. The molecule has 1 aliphatic rings. The fourth-order valence-corrected chi connectivity index (χ4v) is 3.97. The van der Waals surface area contributed by atoms with Gasteiger partial charge >= 0.3 is 0 Å². The summed E-state index contributed by atoms with van der Waals surface area (Å²) >= 11 is 0.0577. The lowest BCUT2D eigenvalue weighted by Gasteiger charge is -2.26. The first-order valence-corrected chi connectivity index (χ1v) is 9.27. The molecule has 3 rings (SSSR count). The van der Waals surface area contributed by atoms with Gasteiger partial charge in [0.1, 0.15) is 5.40 Å². The smallest absolute Gasteiger partial charge is 0.177 e. The lowest BCUT2D eigenvalue weighted by atomic mass is 9.79. The van der Waals surface area contributed by atoms with Crippen molar-refractivity contribution in [1.82, 2.24) is 0 Å². The number of nitrogens with zero attached hydrogens (tertiary/aromatic N) is 1. The Hall–Kier alpha value is -2.00. The number of thioether (sulfide) groups is 1. The van der Waals surface area contributed by atoms with Gasteiger partial charge in [0.2, 0.25) is 0 Å². The van der Waals surface area contributed by atoms with Crippen molar-refractivity contribution in [3.8, 4) is 16.5 Å². The van der Waals surface area contributed by atoms with Crippen LogP contribution in [-0.4, -0.2) is 0 Å². The monoisotopic (exact) mass is 379 g/mol. The zero-order valence-electron chi connectivity index (χ0n) is 14.2. The average molecular weight is 379 g/mol. The van der Waals surface area contributed by atoms with E-state index in [9.17, 15) is 17.6 Å². The molecule has 2 aromatic carbocycles. The summed E-state index contributed by atoms with van der Waals surface area (Å²) in [4.78, 5) is -0.959. The summed E-state index contributed by atoms with van der Waals surface area (Å²) in [6, 6.07) is 6.51. The zero-order chi connectivity index (χ0) is 18.8. The highest BCUT2D eigenvalue weighted by atomic mass is 32.2. The third kappa shape index (κ3) is 3.45. The second kappa shape index (κ2) is 7.71. The Labute approximate surface area is 154 Å². The maximum Gasteiger partial charge on any atom is 0.177 e. The van der Waals surface area contributed by atoms with E-state index in [1.54, 1.807) is 12.1 Å². The van der Waals surface area contributed by atoms with Crippen LogP contribution < -0.4 is 0 Å². The molecule has 0 radical (unpaired) electrons. The van der Waals surface area contributed by atoms with Gasteiger partial charge in [-0.1, -0.05) is 44.0 Å². The molecule has 1 nitrogen and oxygen atoms in total. The van der Waals surface area contributed by atoms with E-state index in [-0.39, 0.29) is 17.3 Å². The van der Waals surface area contributed by atoms with E-state index in [0.717, 1.165) is 31.2 Å². The number of hydrogen-bond acceptors (Lipinski definition) is 2. The quantitative estimate of drug-likeness (QED) is 0.254. The fourth-order valence-electron chi connectivity index (χ4n) is 3.52. The predicted molar refractivity (Wildman–Crippen MR) is 93.6 cm³/mol. The van der Waals surface area contributed by atoms with E-state index < -0.39 is 33.7 Å². The summed E-state index contributed by atoms with van der Waals surface area (Å²) < 4.78 is 56.7. The van der Waals surface area contributed by atoms with Gasteiger partial charge in [-0.25, -0.2) is 17.6 Å². The van der Waals surface area contributed by atoms with Gasteiger partial charge in [0.25, 0.3) is 0 Å². The summed E-state index contributed by atoms with van der Waals surface area (Å²) in [5, 5.41) is 9.97. The number of hydrogen-bond donors (Lipinski definition) is 0. The second-order valence-corrected chi connectivity index (χ2v) is 7.53. The van der Waals surface area contributed by atoms with Crippen LogP contribution in [0.1, 0.15) is 44.1 Å². The van der Waals surface area contributed by atoms with Crippen molar-refractivity contribution >= 4 is 11.8 Å². The molecule has 0 N–H and O–H groups in total. The molecule has 26 heavy (non-hydrogen) atoms.